The molecular weight excluding hydrogens is 269 g/mol. The molecule has 1 aromatic heterocycles. The van der Waals surface area contributed by atoms with Gasteiger partial charge in [0.2, 0.25) is 5.89 Å². The van der Waals surface area contributed by atoms with Crippen LogP contribution in [0.5, 0.6) is 0 Å². The third-order valence-electron chi connectivity index (χ3n) is 1.75. The smallest absolute Gasteiger partial charge is 0.346 e. The van der Waals surface area contributed by atoms with E-state index in [0.29, 0.717) is 10.9 Å². The third kappa shape index (κ3) is 1.67. The SMILES string of the molecule is O=c1oc(CCl)nc2ccc(Br)cc12. The molecule has 0 unspecified atom stereocenters. The van der Waals surface area contributed by atoms with Crippen LogP contribution in [0, 0.1) is 0 Å². The van der Waals surface area contributed by atoms with E-state index in [0.717, 1.165) is 4.47 Å². The molecule has 0 fully saturated rings. The fraction of sp³-hybridized carbons (Fsp3) is 0.111. The summed E-state index contributed by atoms with van der Waals surface area (Å²) in [6.07, 6.45) is 0. The van der Waals surface area contributed by atoms with E-state index in [9.17, 15) is 4.79 Å². The van der Waals surface area contributed by atoms with Crippen molar-refractivity contribution < 1.29 is 4.42 Å². The Morgan fingerprint density at radius 1 is 1.50 bits per heavy atom. The predicted molar refractivity (Wildman–Crippen MR) is 57.5 cm³/mol. The monoisotopic (exact) mass is 273 g/mol. The minimum Gasteiger partial charge on any atom is -0.407 e. The average molecular weight is 275 g/mol. The van der Waals surface area contributed by atoms with Crippen molar-refractivity contribution in [3.05, 3.63) is 39.0 Å². The lowest BCUT2D eigenvalue weighted by atomic mass is 10.2. The third-order valence-corrected chi connectivity index (χ3v) is 2.47. The summed E-state index contributed by atoms with van der Waals surface area (Å²) in [5, 5.41) is 0.452. The minimum atomic E-state index is -0.410. The molecule has 5 heteroatoms. The first-order valence-electron chi connectivity index (χ1n) is 3.86. The van der Waals surface area contributed by atoms with Gasteiger partial charge in [-0.25, -0.2) is 9.78 Å². The zero-order valence-corrected chi connectivity index (χ0v) is 9.30. The summed E-state index contributed by atoms with van der Waals surface area (Å²) in [5.41, 5.74) is 0.187. The Balaban J connectivity index is 2.83. The second-order valence-corrected chi connectivity index (χ2v) is 3.87. The van der Waals surface area contributed by atoms with E-state index >= 15 is 0 Å². The van der Waals surface area contributed by atoms with Gasteiger partial charge in [0.25, 0.3) is 0 Å². The van der Waals surface area contributed by atoms with E-state index in [1.807, 2.05) is 6.07 Å². The lowest BCUT2D eigenvalue weighted by molar-refractivity contribution is 0.462. The molecule has 72 valence electrons. The Morgan fingerprint density at radius 3 is 3.00 bits per heavy atom. The molecule has 3 nitrogen and oxygen atoms in total. The van der Waals surface area contributed by atoms with Crippen molar-refractivity contribution in [1.29, 1.82) is 0 Å². The second-order valence-electron chi connectivity index (χ2n) is 2.69. The number of halogens is 2. The quantitative estimate of drug-likeness (QED) is 0.751. The summed E-state index contributed by atoms with van der Waals surface area (Å²) in [4.78, 5) is 15.5. The van der Waals surface area contributed by atoms with Crippen LogP contribution in [0.1, 0.15) is 5.89 Å². The molecule has 0 saturated carbocycles. The Bertz CT molecular complexity index is 538. The van der Waals surface area contributed by atoms with Crippen molar-refractivity contribution in [2.24, 2.45) is 0 Å². The largest absolute Gasteiger partial charge is 0.407 e. The van der Waals surface area contributed by atoms with Gasteiger partial charge in [-0.05, 0) is 18.2 Å². The van der Waals surface area contributed by atoms with Crippen LogP contribution in [0.15, 0.2) is 31.9 Å². The van der Waals surface area contributed by atoms with Gasteiger partial charge in [0.05, 0.1) is 16.8 Å². The van der Waals surface area contributed by atoms with Crippen LogP contribution < -0.4 is 5.63 Å². The molecule has 0 spiro atoms. The molecule has 0 radical (unpaired) electrons. The number of hydrogen-bond acceptors (Lipinski definition) is 3. The molecule has 0 N–H and O–H groups in total. The molecule has 1 aromatic carbocycles. The van der Waals surface area contributed by atoms with Gasteiger partial charge in [-0.2, -0.15) is 0 Å². The summed E-state index contributed by atoms with van der Waals surface area (Å²) in [6.45, 7) is 0. The summed E-state index contributed by atoms with van der Waals surface area (Å²) in [7, 11) is 0. The Labute approximate surface area is 92.8 Å². The number of nitrogens with zero attached hydrogens (tertiary/aromatic N) is 1. The van der Waals surface area contributed by atoms with Gasteiger partial charge in [0, 0.05) is 4.47 Å². The number of hydrogen-bond donors (Lipinski definition) is 0. The Kier molecular flexibility index (Phi) is 2.56. The molecule has 0 bridgehead atoms. The first kappa shape index (κ1) is 9.68. The second kappa shape index (κ2) is 3.71. The average Bonchev–Trinajstić information content (AvgIpc) is 2.19. The highest BCUT2D eigenvalue weighted by atomic mass is 79.9. The Hall–Kier alpha value is -0.870. The maximum atomic E-state index is 11.4. The summed E-state index contributed by atoms with van der Waals surface area (Å²) >= 11 is 8.79. The topological polar surface area (TPSA) is 43.1 Å². The molecule has 0 saturated heterocycles. The van der Waals surface area contributed by atoms with Crippen LogP contribution in [-0.2, 0) is 5.88 Å². The van der Waals surface area contributed by atoms with Crippen molar-refractivity contribution in [3.63, 3.8) is 0 Å². The van der Waals surface area contributed by atoms with E-state index < -0.39 is 5.63 Å². The molecule has 0 aliphatic rings. The van der Waals surface area contributed by atoms with Gasteiger partial charge in [-0.15, -0.1) is 11.6 Å². The lowest BCUT2D eigenvalue weighted by Crippen LogP contribution is -2.03. The van der Waals surface area contributed by atoms with E-state index in [1.165, 1.54) is 0 Å². The maximum Gasteiger partial charge on any atom is 0.346 e. The zero-order valence-electron chi connectivity index (χ0n) is 6.96. The van der Waals surface area contributed by atoms with Gasteiger partial charge >= 0.3 is 5.63 Å². The van der Waals surface area contributed by atoms with E-state index in [1.54, 1.807) is 12.1 Å². The van der Waals surface area contributed by atoms with Crippen molar-refractivity contribution in [1.82, 2.24) is 4.98 Å². The number of benzene rings is 1. The fourth-order valence-electron chi connectivity index (χ4n) is 1.15. The normalized spacial score (nSPS) is 10.7. The van der Waals surface area contributed by atoms with Gasteiger partial charge in [0.1, 0.15) is 0 Å². The van der Waals surface area contributed by atoms with Crippen LogP contribution in [0.25, 0.3) is 10.9 Å². The van der Waals surface area contributed by atoms with E-state index in [-0.39, 0.29) is 11.8 Å². The highest BCUT2D eigenvalue weighted by Crippen LogP contribution is 2.16. The Morgan fingerprint density at radius 2 is 2.29 bits per heavy atom. The summed E-state index contributed by atoms with van der Waals surface area (Å²) in [5.74, 6) is 0.341. The van der Waals surface area contributed by atoms with Gasteiger partial charge in [0.15, 0.2) is 0 Å². The van der Waals surface area contributed by atoms with E-state index in [2.05, 4.69) is 20.9 Å². The molecule has 2 rings (SSSR count). The first-order chi connectivity index (χ1) is 6.70. The predicted octanol–water partition coefficient (Wildman–Crippen LogP) is 2.69. The molecule has 0 amide bonds. The highest BCUT2D eigenvalue weighted by molar-refractivity contribution is 9.10. The molecule has 1 heterocycles. The van der Waals surface area contributed by atoms with Crippen LogP contribution in [0.2, 0.25) is 0 Å². The van der Waals surface area contributed by atoms with Crippen LogP contribution >= 0.6 is 27.5 Å². The van der Waals surface area contributed by atoms with Crippen LogP contribution in [0.4, 0.5) is 0 Å². The fourth-order valence-corrected chi connectivity index (χ4v) is 1.62. The zero-order chi connectivity index (χ0) is 10.1. The maximum absolute atomic E-state index is 11.4. The number of fused-ring (bicyclic) bond motifs is 1. The standard InChI is InChI=1S/C9H5BrClNO2/c10-5-1-2-7-6(3-5)9(13)14-8(4-11)12-7/h1-3H,4H2. The van der Waals surface area contributed by atoms with Crippen molar-refractivity contribution >= 4 is 38.4 Å². The number of rotatable bonds is 1. The van der Waals surface area contributed by atoms with Crippen molar-refractivity contribution in [2.45, 2.75) is 5.88 Å². The minimum absolute atomic E-state index is 0.0985. The molecule has 2 aromatic rings. The lowest BCUT2D eigenvalue weighted by Gasteiger charge is -1.98. The van der Waals surface area contributed by atoms with Crippen molar-refractivity contribution in [2.75, 3.05) is 0 Å². The molecular formula is C9H5BrClNO2. The summed E-state index contributed by atoms with van der Waals surface area (Å²) in [6, 6.07) is 5.23. The molecule has 14 heavy (non-hydrogen) atoms. The van der Waals surface area contributed by atoms with Crippen molar-refractivity contribution in [3.8, 4) is 0 Å². The molecule has 0 atom stereocenters. The van der Waals surface area contributed by atoms with Crippen LogP contribution in [0.3, 0.4) is 0 Å². The first-order valence-corrected chi connectivity index (χ1v) is 5.18. The highest BCUT2D eigenvalue weighted by Gasteiger charge is 2.05. The van der Waals surface area contributed by atoms with Gasteiger partial charge in [-0.1, -0.05) is 15.9 Å². The van der Waals surface area contributed by atoms with Gasteiger partial charge in [-0.3, -0.25) is 0 Å². The number of alkyl halides is 1. The molecule has 0 aliphatic heterocycles. The van der Waals surface area contributed by atoms with Crippen LogP contribution in [-0.4, -0.2) is 4.98 Å². The van der Waals surface area contributed by atoms with E-state index in [4.69, 9.17) is 16.0 Å². The van der Waals surface area contributed by atoms with Gasteiger partial charge < -0.3 is 4.42 Å². The number of aromatic nitrogens is 1. The molecule has 0 aliphatic carbocycles. The summed E-state index contributed by atoms with van der Waals surface area (Å²) < 4.78 is 5.69.